The molecule has 0 aliphatic carbocycles. The van der Waals surface area contributed by atoms with Crippen molar-refractivity contribution in [2.24, 2.45) is 0 Å². The van der Waals surface area contributed by atoms with Gasteiger partial charge in [0.2, 0.25) is 0 Å². The number of para-hydroxylation sites is 1. The van der Waals surface area contributed by atoms with Gasteiger partial charge >= 0.3 is 0 Å². The van der Waals surface area contributed by atoms with E-state index in [-0.39, 0.29) is 23.3 Å². The number of hydrogen-bond acceptors (Lipinski definition) is 2. The third-order valence-corrected chi connectivity index (χ3v) is 4.77. The monoisotopic (exact) mass is 361 g/mol. The van der Waals surface area contributed by atoms with E-state index in [4.69, 9.17) is 0 Å². The average molecular weight is 361 g/mol. The Bertz CT molecular complexity index is 996. The summed E-state index contributed by atoms with van der Waals surface area (Å²) in [5.41, 5.74) is 4.81. The minimum atomic E-state index is -0.334. The average Bonchev–Trinajstić information content (AvgIpc) is 3.04. The third kappa shape index (κ3) is 3.50. The molecule has 0 amide bonds. The van der Waals surface area contributed by atoms with Gasteiger partial charge in [-0.25, -0.2) is 9.37 Å². The first kappa shape index (κ1) is 18.8. The molecule has 0 unspecified atom stereocenters. The van der Waals surface area contributed by atoms with Crippen LogP contribution in [0.15, 0.2) is 42.6 Å². The maximum absolute atomic E-state index is 14.7. The SMILES string of the molecule is Cc1ccc(-c2nc(C#N)cn2-c2c(C(C)C)cccc2C(C)C)c(F)c1. The number of benzene rings is 2. The number of nitrogens with zero attached hydrogens (tertiary/aromatic N) is 3. The third-order valence-electron chi connectivity index (χ3n) is 4.77. The number of halogens is 1. The highest BCUT2D eigenvalue weighted by atomic mass is 19.1. The van der Waals surface area contributed by atoms with Crippen molar-refractivity contribution in [2.75, 3.05) is 0 Å². The zero-order chi connectivity index (χ0) is 19.7. The molecular weight excluding hydrogens is 337 g/mol. The Morgan fingerprint density at radius 2 is 1.67 bits per heavy atom. The molecule has 3 aromatic rings. The lowest BCUT2D eigenvalue weighted by Crippen LogP contribution is -2.08. The summed E-state index contributed by atoms with van der Waals surface area (Å²) < 4.78 is 16.6. The molecule has 138 valence electrons. The predicted molar refractivity (Wildman–Crippen MR) is 107 cm³/mol. The number of hydrogen-bond donors (Lipinski definition) is 0. The molecule has 1 aromatic heterocycles. The van der Waals surface area contributed by atoms with Crippen LogP contribution in [0.4, 0.5) is 4.39 Å². The van der Waals surface area contributed by atoms with E-state index in [1.165, 1.54) is 6.07 Å². The molecule has 0 bridgehead atoms. The highest BCUT2D eigenvalue weighted by molar-refractivity contribution is 5.64. The summed E-state index contributed by atoms with van der Waals surface area (Å²) >= 11 is 0. The maximum Gasteiger partial charge on any atom is 0.159 e. The molecule has 0 atom stereocenters. The predicted octanol–water partition coefficient (Wildman–Crippen LogP) is 6.11. The van der Waals surface area contributed by atoms with Crippen LogP contribution in [-0.2, 0) is 0 Å². The Kier molecular flexibility index (Phi) is 5.14. The number of nitriles is 1. The van der Waals surface area contributed by atoms with Gasteiger partial charge in [0.1, 0.15) is 17.7 Å². The second kappa shape index (κ2) is 7.36. The summed E-state index contributed by atoms with van der Waals surface area (Å²) in [7, 11) is 0. The first-order valence-electron chi connectivity index (χ1n) is 9.22. The van der Waals surface area contributed by atoms with Gasteiger partial charge in [-0.1, -0.05) is 52.0 Å². The van der Waals surface area contributed by atoms with Crippen LogP contribution < -0.4 is 0 Å². The van der Waals surface area contributed by atoms with E-state index in [1.54, 1.807) is 12.3 Å². The van der Waals surface area contributed by atoms with Crippen LogP contribution in [0.1, 0.15) is 61.9 Å². The van der Waals surface area contributed by atoms with Crippen LogP contribution in [0.5, 0.6) is 0 Å². The van der Waals surface area contributed by atoms with Crippen LogP contribution in [0.3, 0.4) is 0 Å². The fraction of sp³-hybridized carbons (Fsp3) is 0.304. The van der Waals surface area contributed by atoms with Crippen molar-refractivity contribution in [3.8, 4) is 23.1 Å². The van der Waals surface area contributed by atoms with Crippen LogP contribution in [0.2, 0.25) is 0 Å². The molecule has 0 aliphatic heterocycles. The van der Waals surface area contributed by atoms with Crippen molar-refractivity contribution < 1.29 is 4.39 Å². The van der Waals surface area contributed by atoms with Crippen molar-refractivity contribution in [2.45, 2.75) is 46.5 Å². The van der Waals surface area contributed by atoms with Gasteiger partial charge in [-0.15, -0.1) is 0 Å². The number of imidazole rings is 1. The molecule has 0 aliphatic rings. The van der Waals surface area contributed by atoms with Gasteiger partial charge < -0.3 is 0 Å². The lowest BCUT2D eigenvalue weighted by molar-refractivity contribution is 0.628. The van der Waals surface area contributed by atoms with E-state index in [0.29, 0.717) is 11.4 Å². The molecule has 0 saturated carbocycles. The van der Waals surface area contributed by atoms with Gasteiger partial charge in [-0.2, -0.15) is 5.26 Å². The molecule has 2 aromatic carbocycles. The molecule has 0 fully saturated rings. The number of aromatic nitrogens is 2. The Labute approximate surface area is 160 Å². The second-order valence-corrected chi connectivity index (χ2v) is 7.51. The standard InChI is InChI=1S/C23H24FN3/c1-14(2)18-7-6-8-19(15(3)4)22(18)27-13-17(12-25)26-23(27)20-10-9-16(5)11-21(20)24/h6-11,13-15H,1-5H3. The van der Waals surface area contributed by atoms with Crippen LogP contribution in [0, 0.1) is 24.1 Å². The van der Waals surface area contributed by atoms with Gasteiger partial charge in [0, 0.05) is 6.20 Å². The molecule has 0 saturated heterocycles. The summed E-state index contributed by atoms with van der Waals surface area (Å²) in [6.07, 6.45) is 1.71. The van der Waals surface area contributed by atoms with Crippen molar-refractivity contribution in [3.63, 3.8) is 0 Å². The second-order valence-electron chi connectivity index (χ2n) is 7.51. The Hall–Kier alpha value is -2.93. The zero-order valence-corrected chi connectivity index (χ0v) is 16.4. The summed E-state index contributed by atoms with van der Waals surface area (Å²) in [6, 6.07) is 13.4. The molecule has 0 spiro atoms. The molecule has 0 N–H and O–H groups in total. The van der Waals surface area contributed by atoms with Gasteiger partial charge in [0.15, 0.2) is 5.69 Å². The van der Waals surface area contributed by atoms with E-state index < -0.39 is 0 Å². The first-order chi connectivity index (χ1) is 12.8. The van der Waals surface area contributed by atoms with Gasteiger partial charge in [-0.3, -0.25) is 4.57 Å². The molecule has 1 heterocycles. The fourth-order valence-electron chi connectivity index (χ4n) is 3.39. The van der Waals surface area contributed by atoms with Crippen LogP contribution in [-0.4, -0.2) is 9.55 Å². The van der Waals surface area contributed by atoms with Gasteiger partial charge in [0.05, 0.1) is 11.3 Å². The Morgan fingerprint density at radius 3 is 2.19 bits per heavy atom. The minimum absolute atomic E-state index is 0.276. The first-order valence-corrected chi connectivity index (χ1v) is 9.22. The largest absolute Gasteiger partial charge is 0.298 e. The quantitative estimate of drug-likeness (QED) is 0.563. The highest BCUT2D eigenvalue weighted by Crippen LogP contribution is 2.35. The molecule has 3 rings (SSSR count). The molecule has 0 radical (unpaired) electrons. The zero-order valence-electron chi connectivity index (χ0n) is 16.4. The van der Waals surface area contributed by atoms with Crippen molar-refractivity contribution in [1.82, 2.24) is 9.55 Å². The topological polar surface area (TPSA) is 41.6 Å². The van der Waals surface area contributed by atoms with Gasteiger partial charge in [0.25, 0.3) is 0 Å². The molecule has 4 heteroatoms. The lowest BCUT2D eigenvalue weighted by atomic mass is 9.92. The van der Waals surface area contributed by atoms with E-state index in [2.05, 4.69) is 56.9 Å². The molecule has 27 heavy (non-hydrogen) atoms. The Morgan fingerprint density at radius 1 is 1.04 bits per heavy atom. The normalized spacial score (nSPS) is 11.2. The summed E-state index contributed by atoms with van der Waals surface area (Å²) in [4.78, 5) is 4.43. The van der Waals surface area contributed by atoms with Crippen LogP contribution in [0.25, 0.3) is 17.1 Å². The summed E-state index contributed by atoms with van der Waals surface area (Å²) in [5.74, 6) is 0.684. The lowest BCUT2D eigenvalue weighted by Gasteiger charge is -2.21. The number of aryl methyl sites for hydroxylation is 1. The molecule has 3 nitrogen and oxygen atoms in total. The summed E-state index contributed by atoms with van der Waals surface area (Å²) in [5, 5.41) is 9.42. The number of rotatable bonds is 4. The van der Waals surface area contributed by atoms with Crippen molar-refractivity contribution in [3.05, 3.63) is 70.8 Å². The van der Waals surface area contributed by atoms with Crippen LogP contribution >= 0.6 is 0 Å². The smallest absolute Gasteiger partial charge is 0.159 e. The summed E-state index contributed by atoms with van der Waals surface area (Å²) in [6.45, 7) is 10.4. The molecular formula is C23H24FN3. The maximum atomic E-state index is 14.7. The van der Waals surface area contributed by atoms with E-state index >= 15 is 0 Å². The van der Waals surface area contributed by atoms with Crippen molar-refractivity contribution >= 4 is 0 Å². The van der Waals surface area contributed by atoms with Crippen molar-refractivity contribution in [1.29, 1.82) is 5.26 Å². The van der Waals surface area contributed by atoms with Gasteiger partial charge in [-0.05, 0) is 47.6 Å². The Balaban J connectivity index is 2.37. The minimum Gasteiger partial charge on any atom is -0.298 e. The van der Waals surface area contributed by atoms with E-state index in [0.717, 1.165) is 22.4 Å². The van der Waals surface area contributed by atoms with E-state index in [1.807, 2.05) is 17.6 Å². The fourth-order valence-corrected chi connectivity index (χ4v) is 3.39. The highest BCUT2D eigenvalue weighted by Gasteiger charge is 2.21. The van der Waals surface area contributed by atoms with E-state index in [9.17, 15) is 9.65 Å².